The van der Waals surface area contributed by atoms with Gasteiger partial charge in [0, 0.05) is 24.7 Å². The third-order valence-corrected chi connectivity index (χ3v) is 2.77. The summed E-state index contributed by atoms with van der Waals surface area (Å²) in [5.74, 6) is 0. The molecule has 0 aliphatic heterocycles. The molecule has 1 unspecified atom stereocenters. The predicted molar refractivity (Wildman–Crippen MR) is 65.7 cm³/mol. The molecule has 5 nitrogen and oxygen atoms in total. The molecule has 17 heavy (non-hydrogen) atoms. The first-order chi connectivity index (χ1) is 7.96. The largest absolute Gasteiger partial charge is 0.389 e. The first-order valence-electron chi connectivity index (χ1n) is 5.61. The third-order valence-electron chi connectivity index (χ3n) is 2.77. The monoisotopic (exact) mass is 238 g/mol. The minimum atomic E-state index is -0.774. The van der Waals surface area contributed by atoms with Crippen LogP contribution >= 0.6 is 0 Å². The lowest BCUT2D eigenvalue weighted by Crippen LogP contribution is -2.36. The fourth-order valence-corrected chi connectivity index (χ4v) is 1.43. The Labute approximate surface area is 101 Å². The molecule has 2 N–H and O–H groups in total. The Hall–Kier alpha value is -1.46. The minimum Gasteiger partial charge on any atom is -0.389 e. The van der Waals surface area contributed by atoms with E-state index in [0.717, 1.165) is 0 Å². The summed E-state index contributed by atoms with van der Waals surface area (Å²) in [6.45, 7) is 4.43. The van der Waals surface area contributed by atoms with Gasteiger partial charge in [-0.15, -0.1) is 0 Å². The van der Waals surface area contributed by atoms with Crippen molar-refractivity contribution < 1.29 is 10.0 Å². The van der Waals surface area contributed by atoms with Gasteiger partial charge in [0.1, 0.15) is 0 Å². The van der Waals surface area contributed by atoms with Crippen LogP contribution in [0.5, 0.6) is 0 Å². The SMILES string of the molecule is CCC(C)(O)CNCc1ccccc1[N+](=O)[O-]. The van der Waals surface area contributed by atoms with Gasteiger partial charge in [-0.05, 0) is 13.3 Å². The summed E-state index contributed by atoms with van der Waals surface area (Å²) in [4.78, 5) is 10.4. The number of benzene rings is 1. The molecule has 0 aromatic heterocycles. The standard InChI is InChI=1S/C12H18N2O3/c1-3-12(2,15)9-13-8-10-6-4-5-7-11(10)14(16)17/h4-7,13,15H,3,8-9H2,1-2H3. The quantitative estimate of drug-likeness (QED) is 0.585. The summed E-state index contributed by atoms with van der Waals surface area (Å²) in [6, 6.07) is 6.60. The lowest BCUT2D eigenvalue weighted by atomic mass is 10.0. The summed E-state index contributed by atoms with van der Waals surface area (Å²) in [5, 5.41) is 23.6. The zero-order valence-electron chi connectivity index (χ0n) is 10.1. The molecule has 0 heterocycles. The van der Waals surface area contributed by atoms with Crippen molar-refractivity contribution in [2.24, 2.45) is 0 Å². The van der Waals surface area contributed by atoms with E-state index < -0.39 is 10.5 Å². The van der Waals surface area contributed by atoms with E-state index in [1.807, 2.05) is 6.92 Å². The number of rotatable bonds is 6. The smallest absolute Gasteiger partial charge is 0.273 e. The first-order valence-corrected chi connectivity index (χ1v) is 5.61. The van der Waals surface area contributed by atoms with Crippen LogP contribution in [0, 0.1) is 10.1 Å². The molecule has 1 rings (SSSR count). The van der Waals surface area contributed by atoms with Gasteiger partial charge in [-0.2, -0.15) is 0 Å². The molecule has 0 spiro atoms. The summed E-state index contributed by atoms with van der Waals surface area (Å²) in [6.07, 6.45) is 0.636. The summed E-state index contributed by atoms with van der Waals surface area (Å²) in [7, 11) is 0. The molecule has 0 bridgehead atoms. The highest BCUT2D eigenvalue weighted by Gasteiger charge is 2.17. The van der Waals surface area contributed by atoms with E-state index in [4.69, 9.17) is 0 Å². The molecule has 0 amide bonds. The van der Waals surface area contributed by atoms with Crippen molar-refractivity contribution >= 4 is 5.69 Å². The second-order valence-corrected chi connectivity index (χ2v) is 4.34. The first kappa shape index (κ1) is 13.6. The Morgan fingerprint density at radius 3 is 2.71 bits per heavy atom. The molecule has 0 radical (unpaired) electrons. The van der Waals surface area contributed by atoms with Crippen molar-refractivity contribution in [3.8, 4) is 0 Å². The van der Waals surface area contributed by atoms with Crippen LogP contribution in [0.25, 0.3) is 0 Å². The number of nitrogens with zero attached hydrogens (tertiary/aromatic N) is 1. The Morgan fingerprint density at radius 1 is 1.47 bits per heavy atom. The van der Waals surface area contributed by atoms with Crippen LogP contribution in [0.3, 0.4) is 0 Å². The Balaban J connectivity index is 2.61. The van der Waals surface area contributed by atoms with Crippen LogP contribution in [-0.4, -0.2) is 22.2 Å². The molecule has 1 atom stereocenters. The Morgan fingerprint density at radius 2 is 2.12 bits per heavy atom. The van der Waals surface area contributed by atoms with Crippen LogP contribution in [0.1, 0.15) is 25.8 Å². The van der Waals surface area contributed by atoms with E-state index in [9.17, 15) is 15.2 Å². The molecule has 0 aliphatic carbocycles. The van der Waals surface area contributed by atoms with Crippen LogP contribution in [0.2, 0.25) is 0 Å². The van der Waals surface area contributed by atoms with Gasteiger partial charge in [-0.25, -0.2) is 0 Å². The zero-order valence-corrected chi connectivity index (χ0v) is 10.1. The van der Waals surface area contributed by atoms with Gasteiger partial charge < -0.3 is 10.4 Å². The normalized spacial score (nSPS) is 14.3. The predicted octanol–water partition coefficient (Wildman–Crippen LogP) is 1.85. The second-order valence-electron chi connectivity index (χ2n) is 4.34. The average Bonchev–Trinajstić information content (AvgIpc) is 2.29. The van der Waals surface area contributed by atoms with Crippen molar-refractivity contribution in [2.45, 2.75) is 32.4 Å². The molecular formula is C12H18N2O3. The van der Waals surface area contributed by atoms with Crippen molar-refractivity contribution in [2.75, 3.05) is 6.54 Å². The highest BCUT2D eigenvalue weighted by Crippen LogP contribution is 2.17. The highest BCUT2D eigenvalue weighted by molar-refractivity contribution is 5.39. The number of aliphatic hydroxyl groups is 1. The zero-order chi connectivity index (χ0) is 12.9. The number of para-hydroxylation sites is 1. The molecule has 1 aromatic rings. The molecule has 94 valence electrons. The van der Waals surface area contributed by atoms with Crippen molar-refractivity contribution in [1.82, 2.24) is 5.32 Å². The van der Waals surface area contributed by atoms with Crippen molar-refractivity contribution in [3.05, 3.63) is 39.9 Å². The van der Waals surface area contributed by atoms with Gasteiger partial charge in [0.15, 0.2) is 0 Å². The van der Waals surface area contributed by atoms with Gasteiger partial charge in [-0.3, -0.25) is 10.1 Å². The summed E-state index contributed by atoms with van der Waals surface area (Å²) < 4.78 is 0. The van der Waals surface area contributed by atoms with Gasteiger partial charge in [-0.1, -0.05) is 25.1 Å². The van der Waals surface area contributed by atoms with Gasteiger partial charge >= 0.3 is 0 Å². The van der Waals surface area contributed by atoms with Crippen LogP contribution in [0.4, 0.5) is 5.69 Å². The number of nitro groups is 1. The average molecular weight is 238 g/mol. The van der Waals surface area contributed by atoms with Crippen LogP contribution < -0.4 is 5.32 Å². The van der Waals surface area contributed by atoms with Crippen LogP contribution in [-0.2, 0) is 6.54 Å². The molecule has 0 saturated heterocycles. The van der Waals surface area contributed by atoms with E-state index in [-0.39, 0.29) is 5.69 Å². The Kier molecular flexibility index (Phi) is 4.60. The summed E-state index contributed by atoms with van der Waals surface area (Å²) >= 11 is 0. The minimum absolute atomic E-state index is 0.108. The van der Waals surface area contributed by atoms with Gasteiger partial charge in [0.25, 0.3) is 5.69 Å². The maximum absolute atomic E-state index is 10.8. The second kappa shape index (κ2) is 5.75. The number of nitro benzene ring substituents is 1. The maximum Gasteiger partial charge on any atom is 0.273 e. The topological polar surface area (TPSA) is 75.4 Å². The lowest BCUT2D eigenvalue weighted by Gasteiger charge is -2.21. The van der Waals surface area contributed by atoms with Crippen molar-refractivity contribution in [3.63, 3.8) is 0 Å². The van der Waals surface area contributed by atoms with E-state index in [0.29, 0.717) is 25.1 Å². The van der Waals surface area contributed by atoms with Gasteiger partial charge in [0.2, 0.25) is 0 Å². The van der Waals surface area contributed by atoms with E-state index in [2.05, 4.69) is 5.32 Å². The molecule has 5 heteroatoms. The van der Waals surface area contributed by atoms with Crippen molar-refractivity contribution in [1.29, 1.82) is 0 Å². The number of hydrogen-bond acceptors (Lipinski definition) is 4. The van der Waals surface area contributed by atoms with E-state index in [1.165, 1.54) is 6.07 Å². The summed E-state index contributed by atoms with van der Waals surface area (Å²) in [5.41, 5.74) is -0.0376. The molecule has 0 aliphatic rings. The number of nitrogens with one attached hydrogen (secondary N) is 1. The van der Waals surface area contributed by atoms with E-state index in [1.54, 1.807) is 25.1 Å². The maximum atomic E-state index is 10.8. The lowest BCUT2D eigenvalue weighted by molar-refractivity contribution is -0.385. The molecule has 1 aromatic carbocycles. The number of hydrogen-bond donors (Lipinski definition) is 2. The molecule has 0 saturated carbocycles. The fourth-order valence-electron chi connectivity index (χ4n) is 1.43. The van der Waals surface area contributed by atoms with E-state index >= 15 is 0 Å². The Bertz CT molecular complexity index is 391. The highest BCUT2D eigenvalue weighted by atomic mass is 16.6. The van der Waals surface area contributed by atoms with Gasteiger partial charge in [0.05, 0.1) is 10.5 Å². The fraction of sp³-hybridized carbons (Fsp3) is 0.500. The molecule has 0 fully saturated rings. The third kappa shape index (κ3) is 4.13. The molecular weight excluding hydrogens is 220 g/mol. The van der Waals surface area contributed by atoms with Crippen LogP contribution in [0.15, 0.2) is 24.3 Å².